The van der Waals surface area contributed by atoms with Gasteiger partial charge in [0.05, 0.1) is 18.0 Å². The van der Waals surface area contributed by atoms with Gasteiger partial charge >= 0.3 is 0 Å². The summed E-state index contributed by atoms with van der Waals surface area (Å²) < 4.78 is 7.47. The first-order valence-electron chi connectivity index (χ1n) is 6.49. The molecule has 0 amide bonds. The number of likely N-dealkylation sites (N-methyl/N-ethyl adjacent to an activating group) is 1. The molecule has 4 nitrogen and oxygen atoms in total. The third kappa shape index (κ3) is 2.82. The standard InChI is InChI=1S/C14H21N3O/c1-4-11(2)17-8-7-12(16-17)10-13(15-3)14-6-5-9-18-14/h5-9,11,13,15H,4,10H2,1-3H3. The predicted molar refractivity (Wildman–Crippen MR) is 71.4 cm³/mol. The second-order valence-electron chi connectivity index (χ2n) is 4.61. The second-order valence-corrected chi connectivity index (χ2v) is 4.61. The van der Waals surface area contributed by atoms with Crippen LogP contribution in [0.5, 0.6) is 0 Å². The fourth-order valence-electron chi connectivity index (χ4n) is 1.96. The summed E-state index contributed by atoms with van der Waals surface area (Å²) in [7, 11) is 1.94. The van der Waals surface area contributed by atoms with E-state index in [1.807, 2.05) is 23.9 Å². The van der Waals surface area contributed by atoms with Gasteiger partial charge in [0, 0.05) is 18.7 Å². The normalized spacial score (nSPS) is 14.6. The maximum Gasteiger partial charge on any atom is 0.121 e. The second kappa shape index (κ2) is 5.87. The Bertz CT molecular complexity index is 461. The molecule has 2 atom stereocenters. The molecule has 0 fully saturated rings. The van der Waals surface area contributed by atoms with E-state index in [0.717, 1.165) is 24.3 Å². The highest BCUT2D eigenvalue weighted by Crippen LogP contribution is 2.18. The van der Waals surface area contributed by atoms with Crippen molar-refractivity contribution in [2.45, 2.75) is 38.8 Å². The van der Waals surface area contributed by atoms with E-state index in [9.17, 15) is 0 Å². The number of nitrogens with one attached hydrogen (secondary N) is 1. The minimum atomic E-state index is 0.181. The van der Waals surface area contributed by atoms with E-state index in [1.165, 1.54) is 0 Å². The van der Waals surface area contributed by atoms with Crippen molar-refractivity contribution in [3.8, 4) is 0 Å². The topological polar surface area (TPSA) is 43.0 Å². The highest BCUT2D eigenvalue weighted by molar-refractivity contribution is 5.10. The van der Waals surface area contributed by atoms with E-state index < -0.39 is 0 Å². The first-order valence-corrected chi connectivity index (χ1v) is 6.49. The van der Waals surface area contributed by atoms with Gasteiger partial charge in [-0.25, -0.2) is 0 Å². The number of nitrogens with zero attached hydrogens (tertiary/aromatic N) is 2. The van der Waals surface area contributed by atoms with E-state index in [4.69, 9.17) is 4.42 Å². The van der Waals surface area contributed by atoms with Crippen LogP contribution >= 0.6 is 0 Å². The third-order valence-electron chi connectivity index (χ3n) is 3.35. The lowest BCUT2D eigenvalue weighted by Crippen LogP contribution is -2.18. The van der Waals surface area contributed by atoms with Crippen molar-refractivity contribution in [1.82, 2.24) is 15.1 Å². The Labute approximate surface area is 108 Å². The Morgan fingerprint density at radius 1 is 1.44 bits per heavy atom. The fourth-order valence-corrected chi connectivity index (χ4v) is 1.96. The highest BCUT2D eigenvalue weighted by atomic mass is 16.3. The molecular weight excluding hydrogens is 226 g/mol. The van der Waals surface area contributed by atoms with Crippen LogP contribution in [0.25, 0.3) is 0 Å². The van der Waals surface area contributed by atoms with Gasteiger partial charge < -0.3 is 9.73 Å². The van der Waals surface area contributed by atoms with Gasteiger partial charge in [-0.15, -0.1) is 0 Å². The lowest BCUT2D eigenvalue weighted by molar-refractivity contribution is 0.422. The number of rotatable bonds is 6. The van der Waals surface area contributed by atoms with Crippen LogP contribution in [-0.4, -0.2) is 16.8 Å². The van der Waals surface area contributed by atoms with Crippen molar-refractivity contribution in [1.29, 1.82) is 0 Å². The van der Waals surface area contributed by atoms with Crippen molar-refractivity contribution in [2.24, 2.45) is 0 Å². The number of furan rings is 1. The predicted octanol–water partition coefficient (Wildman–Crippen LogP) is 2.95. The zero-order valence-corrected chi connectivity index (χ0v) is 11.3. The number of hydrogen-bond donors (Lipinski definition) is 1. The van der Waals surface area contributed by atoms with Crippen LogP contribution in [-0.2, 0) is 6.42 Å². The van der Waals surface area contributed by atoms with E-state index in [1.54, 1.807) is 6.26 Å². The minimum absolute atomic E-state index is 0.181. The molecule has 2 aromatic rings. The molecule has 98 valence electrons. The van der Waals surface area contributed by atoms with Crippen molar-refractivity contribution in [2.75, 3.05) is 7.05 Å². The molecule has 2 rings (SSSR count). The first kappa shape index (κ1) is 12.9. The van der Waals surface area contributed by atoms with Crippen LogP contribution in [0.4, 0.5) is 0 Å². The maximum absolute atomic E-state index is 5.44. The molecule has 4 heteroatoms. The average molecular weight is 247 g/mol. The Balaban J connectivity index is 2.06. The van der Waals surface area contributed by atoms with Gasteiger partial charge in [0.2, 0.25) is 0 Å². The minimum Gasteiger partial charge on any atom is -0.468 e. The SMILES string of the molecule is CCC(C)n1ccc(CC(NC)c2ccco2)n1. The molecule has 0 aliphatic rings. The van der Waals surface area contributed by atoms with Crippen LogP contribution in [0, 0.1) is 0 Å². The van der Waals surface area contributed by atoms with Gasteiger partial charge in [-0.3, -0.25) is 4.68 Å². The molecule has 0 radical (unpaired) electrons. The van der Waals surface area contributed by atoms with Gasteiger partial charge in [-0.1, -0.05) is 6.92 Å². The Morgan fingerprint density at radius 3 is 2.89 bits per heavy atom. The average Bonchev–Trinajstić information content (AvgIpc) is 3.05. The summed E-state index contributed by atoms with van der Waals surface area (Å²) in [5.41, 5.74) is 1.09. The van der Waals surface area contributed by atoms with Crippen LogP contribution < -0.4 is 5.32 Å². The van der Waals surface area contributed by atoms with E-state index in [2.05, 4.69) is 36.5 Å². The van der Waals surface area contributed by atoms with Gasteiger partial charge in [0.1, 0.15) is 5.76 Å². The molecule has 18 heavy (non-hydrogen) atoms. The summed E-state index contributed by atoms with van der Waals surface area (Å²) in [4.78, 5) is 0. The molecule has 0 bridgehead atoms. The number of aromatic nitrogens is 2. The molecular formula is C14H21N3O. The molecule has 2 aromatic heterocycles. The summed E-state index contributed by atoms with van der Waals surface area (Å²) in [5, 5.41) is 7.88. The van der Waals surface area contributed by atoms with E-state index in [0.29, 0.717) is 6.04 Å². The van der Waals surface area contributed by atoms with Gasteiger partial charge in [0.15, 0.2) is 0 Å². The summed E-state index contributed by atoms with van der Waals surface area (Å²) in [6.07, 6.45) is 5.69. The smallest absolute Gasteiger partial charge is 0.121 e. The van der Waals surface area contributed by atoms with Crippen molar-refractivity contribution in [3.63, 3.8) is 0 Å². The lowest BCUT2D eigenvalue weighted by Gasteiger charge is -2.12. The summed E-state index contributed by atoms with van der Waals surface area (Å²) >= 11 is 0. The quantitative estimate of drug-likeness (QED) is 0.853. The molecule has 0 saturated heterocycles. The molecule has 2 heterocycles. The molecule has 0 aromatic carbocycles. The zero-order chi connectivity index (χ0) is 13.0. The van der Waals surface area contributed by atoms with Crippen molar-refractivity contribution < 1.29 is 4.42 Å². The van der Waals surface area contributed by atoms with Crippen LogP contribution in [0.1, 0.15) is 43.8 Å². The van der Waals surface area contributed by atoms with Crippen molar-refractivity contribution >= 4 is 0 Å². The molecule has 1 N–H and O–H groups in total. The lowest BCUT2D eigenvalue weighted by atomic mass is 10.1. The van der Waals surface area contributed by atoms with Gasteiger partial charge in [-0.2, -0.15) is 5.10 Å². The summed E-state index contributed by atoms with van der Waals surface area (Å²) in [5.74, 6) is 0.954. The Morgan fingerprint density at radius 2 is 2.28 bits per heavy atom. The molecule has 2 unspecified atom stereocenters. The van der Waals surface area contributed by atoms with Crippen LogP contribution in [0.3, 0.4) is 0 Å². The molecule has 0 spiro atoms. The summed E-state index contributed by atoms with van der Waals surface area (Å²) in [6.45, 7) is 4.35. The molecule has 0 saturated carbocycles. The van der Waals surface area contributed by atoms with Crippen LogP contribution in [0.15, 0.2) is 35.1 Å². The highest BCUT2D eigenvalue weighted by Gasteiger charge is 2.14. The van der Waals surface area contributed by atoms with Gasteiger partial charge in [-0.05, 0) is 38.6 Å². The Kier molecular flexibility index (Phi) is 4.20. The maximum atomic E-state index is 5.44. The largest absolute Gasteiger partial charge is 0.468 e. The first-order chi connectivity index (χ1) is 8.74. The zero-order valence-electron chi connectivity index (χ0n) is 11.3. The monoisotopic (exact) mass is 247 g/mol. The molecule has 0 aliphatic carbocycles. The Hall–Kier alpha value is -1.55. The third-order valence-corrected chi connectivity index (χ3v) is 3.35. The van der Waals surface area contributed by atoms with E-state index >= 15 is 0 Å². The molecule has 0 aliphatic heterocycles. The fraction of sp³-hybridized carbons (Fsp3) is 0.500. The summed E-state index contributed by atoms with van der Waals surface area (Å²) in [6, 6.07) is 6.62. The van der Waals surface area contributed by atoms with Crippen LogP contribution in [0.2, 0.25) is 0 Å². The number of hydrogen-bond acceptors (Lipinski definition) is 3. The van der Waals surface area contributed by atoms with Gasteiger partial charge in [0.25, 0.3) is 0 Å². The van der Waals surface area contributed by atoms with E-state index in [-0.39, 0.29) is 6.04 Å². The van der Waals surface area contributed by atoms with Crippen molar-refractivity contribution in [3.05, 3.63) is 42.1 Å².